The minimum absolute atomic E-state index is 0.0540. The maximum Gasteiger partial charge on any atom is 0.741 e. The molecule has 66 valence electrons. The number of rotatable bonds is 2. The molecule has 4 nitrogen and oxygen atoms in total. The number of benzene rings is 1. The van der Waals surface area contributed by atoms with Gasteiger partial charge in [0.1, 0.15) is 5.75 Å². The highest BCUT2D eigenvalue weighted by Crippen LogP contribution is 2.24. The molecule has 12 heavy (non-hydrogen) atoms. The summed E-state index contributed by atoms with van der Waals surface area (Å²) in [6.07, 6.45) is 0. The highest BCUT2D eigenvalue weighted by molar-refractivity contribution is 6.49. The van der Waals surface area contributed by atoms with Gasteiger partial charge in [0.25, 0.3) is 0 Å². The van der Waals surface area contributed by atoms with Gasteiger partial charge in [-0.3, -0.25) is 0 Å². The molecule has 1 rings (SSSR count). The Hall–Kier alpha value is -0.593. The van der Waals surface area contributed by atoms with E-state index in [0.29, 0.717) is 0 Å². The second-order valence-electron chi connectivity index (χ2n) is 2.11. The van der Waals surface area contributed by atoms with E-state index in [-0.39, 0.29) is 10.8 Å². The molecule has 0 spiro atoms. The van der Waals surface area contributed by atoms with Crippen molar-refractivity contribution in [3.8, 4) is 5.75 Å². The molecule has 3 N–H and O–H groups in total. The molecule has 0 aromatic heterocycles. The molecule has 0 aliphatic heterocycles. The van der Waals surface area contributed by atoms with Crippen LogP contribution in [0.4, 0.5) is 0 Å². The summed E-state index contributed by atoms with van der Waals surface area (Å²) in [5.41, 5.74) is 0. The fraction of sp³-hybridized carbons (Fsp3) is 0. The molecular weight excluding hydrogens is 200 g/mol. The van der Waals surface area contributed by atoms with Crippen molar-refractivity contribution in [2.24, 2.45) is 0 Å². The second kappa shape index (κ2) is 3.42. The van der Waals surface area contributed by atoms with Crippen LogP contribution in [0.1, 0.15) is 0 Å². The van der Waals surface area contributed by atoms with Crippen LogP contribution in [0, 0.1) is 0 Å². The van der Waals surface area contributed by atoms with E-state index >= 15 is 0 Å². The molecule has 0 saturated heterocycles. The largest absolute Gasteiger partial charge is 0.741 e. The van der Waals surface area contributed by atoms with Gasteiger partial charge in [0, 0.05) is 0 Å². The standard InChI is InChI=1S/C6H7ClO4Si/c7-5-3-1-2-4-6(5)11-12(8,9)10/h1-4,8-10H. The molecule has 0 bridgehead atoms. The molecule has 0 fully saturated rings. The number of hydrogen-bond donors (Lipinski definition) is 3. The summed E-state index contributed by atoms with van der Waals surface area (Å²) in [6.45, 7) is 0. The average molecular weight is 207 g/mol. The van der Waals surface area contributed by atoms with Crippen molar-refractivity contribution in [3.63, 3.8) is 0 Å². The zero-order chi connectivity index (χ0) is 9.19. The predicted molar refractivity (Wildman–Crippen MR) is 44.5 cm³/mol. The van der Waals surface area contributed by atoms with Crippen LogP contribution in [0.15, 0.2) is 24.3 Å². The van der Waals surface area contributed by atoms with Crippen LogP contribution in [0.3, 0.4) is 0 Å². The minimum Gasteiger partial charge on any atom is -0.479 e. The van der Waals surface area contributed by atoms with Gasteiger partial charge >= 0.3 is 9.05 Å². The first-order valence-electron chi connectivity index (χ1n) is 3.10. The van der Waals surface area contributed by atoms with Crippen molar-refractivity contribution in [1.82, 2.24) is 0 Å². The van der Waals surface area contributed by atoms with Gasteiger partial charge in [-0.15, -0.1) is 0 Å². The van der Waals surface area contributed by atoms with E-state index in [1.165, 1.54) is 12.1 Å². The molecule has 0 amide bonds. The van der Waals surface area contributed by atoms with Crippen molar-refractivity contribution in [1.29, 1.82) is 0 Å². The summed E-state index contributed by atoms with van der Waals surface area (Å²) in [7, 11) is -4.51. The lowest BCUT2D eigenvalue weighted by molar-refractivity contribution is 0.128. The SMILES string of the molecule is O[Si](O)(O)Oc1ccccc1Cl. The molecule has 0 unspecified atom stereocenters. The lowest BCUT2D eigenvalue weighted by Gasteiger charge is -2.12. The van der Waals surface area contributed by atoms with E-state index in [4.69, 9.17) is 26.0 Å². The van der Waals surface area contributed by atoms with Gasteiger partial charge < -0.3 is 18.8 Å². The molecule has 1 aromatic carbocycles. The molecular formula is C6H7ClO4Si. The van der Waals surface area contributed by atoms with Crippen molar-refractivity contribution < 1.29 is 18.8 Å². The monoisotopic (exact) mass is 206 g/mol. The summed E-state index contributed by atoms with van der Waals surface area (Å²) >= 11 is 5.59. The van der Waals surface area contributed by atoms with Crippen LogP contribution in [-0.4, -0.2) is 23.4 Å². The van der Waals surface area contributed by atoms with Gasteiger partial charge in [0.15, 0.2) is 0 Å². The van der Waals surface area contributed by atoms with Gasteiger partial charge in [-0.2, -0.15) is 0 Å². The van der Waals surface area contributed by atoms with Gasteiger partial charge in [-0.05, 0) is 12.1 Å². The lowest BCUT2D eigenvalue weighted by atomic mass is 10.3. The third-order valence-electron chi connectivity index (χ3n) is 1.08. The summed E-state index contributed by atoms with van der Waals surface area (Å²) in [5, 5.41) is 0.214. The van der Waals surface area contributed by atoms with Gasteiger partial charge in [-0.1, -0.05) is 23.7 Å². The van der Waals surface area contributed by atoms with Crippen LogP contribution < -0.4 is 4.43 Å². The third-order valence-corrected chi connectivity index (χ3v) is 1.89. The predicted octanol–water partition coefficient (Wildman–Crippen LogP) is 0.131. The first kappa shape index (κ1) is 9.49. The smallest absolute Gasteiger partial charge is 0.479 e. The quantitative estimate of drug-likeness (QED) is 0.602. The normalized spacial score (nSPS) is 11.3. The highest BCUT2D eigenvalue weighted by atomic mass is 35.5. The topological polar surface area (TPSA) is 69.9 Å². The molecule has 0 atom stereocenters. The zero-order valence-corrected chi connectivity index (χ0v) is 7.69. The molecule has 0 saturated carbocycles. The second-order valence-corrected chi connectivity index (χ2v) is 3.87. The van der Waals surface area contributed by atoms with E-state index < -0.39 is 9.05 Å². The Kier molecular flexibility index (Phi) is 2.71. The Bertz CT molecular complexity index is 272. The van der Waals surface area contributed by atoms with E-state index in [2.05, 4.69) is 4.43 Å². The van der Waals surface area contributed by atoms with E-state index in [9.17, 15) is 0 Å². The van der Waals surface area contributed by atoms with Crippen LogP contribution in [0.25, 0.3) is 0 Å². The summed E-state index contributed by atoms with van der Waals surface area (Å²) in [5.74, 6) is 0.0540. The molecule has 6 heteroatoms. The molecule has 0 aliphatic rings. The van der Waals surface area contributed by atoms with E-state index in [1.807, 2.05) is 0 Å². The first-order valence-corrected chi connectivity index (χ1v) is 5.22. The number of halogens is 1. The maximum atomic E-state index is 8.56. The highest BCUT2D eigenvalue weighted by Gasteiger charge is 2.34. The van der Waals surface area contributed by atoms with Crippen LogP contribution in [-0.2, 0) is 0 Å². The minimum atomic E-state index is -4.51. The van der Waals surface area contributed by atoms with Crippen LogP contribution >= 0.6 is 11.6 Å². The summed E-state index contributed by atoms with van der Waals surface area (Å²) in [6, 6.07) is 6.19. The van der Waals surface area contributed by atoms with E-state index in [1.54, 1.807) is 12.1 Å². The fourth-order valence-corrected chi connectivity index (χ4v) is 1.39. The first-order chi connectivity index (χ1) is 5.49. The maximum absolute atomic E-state index is 8.56. The van der Waals surface area contributed by atoms with Gasteiger partial charge in [0.2, 0.25) is 0 Å². The van der Waals surface area contributed by atoms with Crippen molar-refractivity contribution >= 4 is 20.6 Å². The van der Waals surface area contributed by atoms with E-state index in [0.717, 1.165) is 0 Å². The Morgan fingerprint density at radius 3 is 2.25 bits per heavy atom. The Labute approximate surface area is 75.1 Å². The third kappa shape index (κ3) is 2.80. The average Bonchev–Trinajstić information content (AvgIpc) is 1.91. The van der Waals surface area contributed by atoms with Crippen molar-refractivity contribution in [2.75, 3.05) is 0 Å². The van der Waals surface area contributed by atoms with Gasteiger partial charge in [0.05, 0.1) is 5.02 Å². The molecule has 1 aromatic rings. The van der Waals surface area contributed by atoms with Crippen LogP contribution in [0.2, 0.25) is 5.02 Å². The zero-order valence-electron chi connectivity index (χ0n) is 5.94. The van der Waals surface area contributed by atoms with Crippen molar-refractivity contribution in [3.05, 3.63) is 29.3 Å². The Balaban J connectivity index is 2.83. The molecule has 0 heterocycles. The summed E-state index contributed by atoms with van der Waals surface area (Å²) in [4.78, 5) is 25.7. The number of hydrogen-bond acceptors (Lipinski definition) is 4. The summed E-state index contributed by atoms with van der Waals surface area (Å²) < 4.78 is 4.41. The van der Waals surface area contributed by atoms with Crippen molar-refractivity contribution in [2.45, 2.75) is 0 Å². The van der Waals surface area contributed by atoms with Gasteiger partial charge in [-0.25, -0.2) is 0 Å². The Morgan fingerprint density at radius 2 is 1.75 bits per heavy atom. The molecule has 0 aliphatic carbocycles. The lowest BCUT2D eigenvalue weighted by Crippen LogP contribution is -2.42. The fourth-order valence-electron chi connectivity index (χ4n) is 0.675. The van der Waals surface area contributed by atoms with Crippen LogP contribution in [0.5, 0.6) is 5.75 Å². The Morgan fingerprint density at radius 1 is 1.17 bits per heavy atom. The number of para-hydroxylation sites is 1. The molecule has 0 radical (unpaired) electrons.